The summed E-state index contributed by atoms with van der Waals surface area (Å²) >= 11 is 0. The van der Waals surface area contributed by atoms with Gasteiger partial charge in [0.25, 0.3) is 5.69 Å². The Bertz CT molecular complexity index is 658. The molecule has 0 aliphatic heterocycles. The minimum atomic E-state index is -0.508. The summed E-state index contributed by atoms with van der Waals surface area (Å²) in [5.41, 5.74) is 0.524. The van der Waals surface area contributed by atoms with Gasteiger partial charge in [-0.15, -0.1) is 6.58 Å². The first-order valence-corrected chi connectivity index (χ1v) is 5.03. The molecule has 0 saturated carbocycles. The number of nitrogens with zero attached hydrogens (tertiary/aromatic N) is 1. The third kappa shape index (κ3) is 1.82. The average molecular weight is 230 g/mol. The first-order chi connectivity index (χ1) is 8.15. The standard InChI is InChI=1S/C12H10N2O3/c1-2-4-8-7-13-11-9(12(8)15)5-3-6-10(11)14(16)17/h2-3,5-7H,1,4H2,(H,13,15). The molecule has 1 heterocycles. The van der Waals surface area contributed by atoms with Crippen LogP contribution in [0.15, 0.2) is 41.8 Å². The van der Waals surface area contributed by atoms with Gasteiger partial charge in [-0.3, -0.25) is 14.9 Å². The predicted octanol–water partition coefficient (Wildman–Crippen LogP) is 2.16. The number of rotatable bonds is 3. The lowest BCUT2D eigenvalue weighted by Gasteiger charge is -2.01. The molecule has 1 aromatic heterocycles. The van der Waals surface area contributed by atoms with E-state index in [2.05, 4.69) is 11.6 Å². The van der Waals surface area contributed by atoms with Gasteiger partial charge in [-0.1, -0.05) is 12.1 Å². The Hall–Kier alpha value is -2.43. The number of para-hydroxylation sites is 1. The van der Waals surface area contributed by atoms with Crippen LogP contribution in [-0.4, -0.2) is 9.91 Å². The summed E-state index contributed by atoms with van der Waals surface area (Å²) in [7, 11) is 0. The Balaban J connectivity index is 2.80. The number of fused-ring (bicyclic) bond motifs is 1. The molecule has 0 radical (unpaired) electrons. The van der Waals surface area contributed by atoms with Crippen molar-refractivity contribution in [1.29, 1.82) is 0 Å². The highest BCUT2D eigenvalue weighted by Crippen LogP contribution is 2.21. The number of nitrogens with one attached hydrogen (secondary N) is 1. The van der Waals surface area contributed by atoms with E-state index in [1.807, 2.05) is 0 Å². The summed E-state index contributed by atoms with van der Waals surface area (Å²) in [6.45, 7) is 3.56. The Morgan fingerprint density at radius 2 is 2.24 bits per heavy atom. The average Bonchev–Trinajstić information content (AvgIpc) is 2.32. The summed E-state index contributed by atoms with van der Waals surface area (Å²) in [5.74, 6) is 0. The molecular weight excluding hydrogens is 220 g/mol. The normalized spacial score (nSPS) is 10.4. The molecule has 0 atom stereocenters. The van der Waals surface area contributed by atoms with Gasteiger partial charge in [0, 0.05) is 17.8 Å². The van der Waals surface area contributed by atoms with Crippen LogP contribution in [-0.2, 0) is 6.42 Å². The number of aromatic amines is 1. The van der Waals surface area contributed by atoms with Crippen LogP contribution in [0.4, 0.5) is 5.69 Å². The topological polar surface area (TPSA) is 76.0 Å². The molecule has 0 aliphatic carbocycles. The van der Waals surface area contributed by atoms with Crippen molar-refractivity contribution in [3.8, 4) is 0 Å². The molecule has 0 unspecified atom stereocenters. The van der Waals surface area contributed by atoms with E-state index < -0.39 is 4.92 Å². The van der Waals surface area contributed by atoms with Crippen LogP contribution in [0, 0.1) is 10.1 Å². The zero-order chi connectivity index (χ0) is 12.4. The minimum absolute atomic E-state index is 0.0928. The number of nitro benzene ring substituents is 1. The van der Waals surface area contributed by atoms with E-state index in [0.29, 0.717) is 17.4 Å². The van der Waals surface area contributed by atoms with Gasteiger partial charge in [-0.2, -0.15) is 0 Å². The molecule has 0 fully saturated rings. The van der Waals surface area contributed by atoms with Crippen LogP contribution >= 0.6 is 0 Å². The molecule has 0 bridgehead atoms. The molecule has 0 amide bonds. The summed E-state index contributed by atoms with van der Waals surface area (Å²) in [6, 6.07) is 4.45. The Morgan fingerprint density at radius 1 is 1.47 bits per heavy atom. The van der Waals surface area contributed by atoms with Crippen molar-refractivity contribution in [3.63, 3.8) is 0 Å². The Morgan fingerprint density at radius 3 is 2.88 bits per heavy atom. The van der Waals surface area contributed by atoms with E-state index in [1.165, 1.54) is 18.3 Å². The van der Waals surface area contributed by atoms with Crippen molar-refractivity contribution in [3.05, 3.63) is 63.0 Å². The van der Waals surface area contributed by atoms with Crippen LogP contribution in [0.3, 0.4) is 0 Å². The number of pyridine rings is 1. The fraction of sp³-hybridized carbons (Fsp3) is 0.0833. The molecule has 1 aromatic carbocycles. The van der Waals surface area contributed by atoms with Crippen LogP contribution < -0.4 is 5.43 Å². The molecule has 2 rings (SSSR count). The minimum Gasteiger partial charge on any atom is -0.355 e. The van der Waals surface area contributed by atoms with E-state index in [9.17, 15) is 14.9 Å². The summed E-state index contributed by atoms with van der Waals surface area (Å²) in [5, 5.41) is 11.1. The fourth-order valence-corrected chi connectivity index (χ4v) is 1.74. The number of H-pyrrole nitrogens is 1. The number of allylic oxidation sites excluding steroid dienone is 1. The van der Waals surface area contributed by atoms with E-state index in [1.54, 1.807) is 12.1 Å². The number of aromatic nitrogens is 1. The highest BCUT2D eigenvalue weighted by molar-refractivity contribution is 5.87. The molecule has 0 saturated heterocycles. The lowest BCUT2D eigenvalue weighted by Crippen LogP contribution is -2.10. The second-order valence-electron chi connectivity index (χ2n) is 3.59. The monoisotopic (exact) mass is 230 g/mol. The van der Waals surface area contributed by atoms with Gasteiger partial charge in [0.1, 0.15) is 5.52 Å². The van der Waals surface area contributed by atoms with Gasteiger partial charge in [0.05, 0.1) is 10.3 Å². The third-order valence-electron chi connectivity index (χ3n) is 2.53. The zero-order valence-corrected chi connectivity index (χ0v) is 8.97. The van der Waals surface area contributed by atoms with Crippen molar-refractivity contribution < 1.29 is 4.92 Å². The van der Waals surface area contributed by atoms with Gasteiger partial charge >= 0.3 is 0 Å². The first kappa shape index (κ1) is 11.1. The largest absolute Gasteiger partial charge is 0.355 e. The smallest absolute Gasteiger partial charge is 0.293 e. The fourth-order valence-electron chi connectivity index (χ4n) is 1.74. The third-order valence-corrected chi connectivity index (χ3v) is 2.53. The highest BCUT2D eigenvalue weighted by atomic mass is 16.6. The highest BCUT2D eigenvalue weighted by Gasteiger charge is 2.14. The van der Waals surface area contributed by atoms with Crippen LogP contribution in [0.2, 0.25) is 0 Å². The SMILES string of the molecule is C=CCc1c[nH]c2c([N+](=O)[O-])cccc2c1=O. The van der Waals surface area contributed by atoms with E-state index in [4.69, 9.17) is 0 Å². The maximum absolute atomic E-state index is 12.0. The second-order valence-corrected chi connectivity index (χ2v) is 3.59. The summed E-state index contributed by atoms with van der Waals surface area (Å²) in [4.78, 5) is 25.1. The molecule has 2 aromatic rings. The number of hydrogen-bond acceptors (Lipinski definition) is 3. The molecule has 0 spiro atoms. The van der Waals surface area contributed by atoms with Crippen molar-refractivity contribution in [1.82, 2.24) is 4.98 Å². The summed E-state index contributed by atoms with van der Waals surface area (Å²) < 4.78 is 0. The lowest BCUT2D eigenvalue weighted by atomic mass is 10.1. The van der Waals surface area contributed by atoms with Crippen molar-refractivity contribution >= 4 is 16.6 Å². The van der Waals surface area contributed by atoms with Gasteiger partial charge in [-0.25, -0.2) is 0 Å². The second kappa shape index (κ2) is 4.21. The maximum Gasteiger partial charge on any atom is 0.293 e. The van der Waals surface area contributed by atoms with E-state index >= 15 is 0 Å². The first-order valence-electron chi connectivity index (χ1n) is 5.03. The Labute approximate surface area is 96.6 Å². The summed E-state index contributed by atoms with van der Waals surface area (Å²) in [6.07, 6.45) is 3.56. The van der Waals surface area contributed by atoms with E-state index in [0.717, 1.165) is 0 Å². The van der Waals surface area contributed by atoms with Crippen molar-refractivity contribution in [2.75, 3.05) is 0 Å². The molecular formula is C12H10N2O3. The molecule has 86 valence electrons. The van der Waals surface area contributed by atoms with Crippen molar-refractivity contribution in [2.45, 2.75) is 6.42 Å². The van der Waals surface area contributed by atoms with Crippen LogP contribution in [0.25, 0.3) is 10.9 Å². The number of nitro groups is 1. The number of hydrogen-bond donors (Lipinski definition) is 1. The maximum atomic E-state index is 12.0. The molecule has 0 aliphatic rings. The molecule has 1 N–H and O–H groups in total. The van der Waals surface area contributed by atoms with E-state index in [-0.39, 0.29) is 16.6 Å². The van der Waals surface area contributed by atoms with Crippen LogP contribution in [0.1, 0.15) is 5.56 Å². The van der Waals surface area contributed by atoms with Gasteiger partial charge < -0.3 is 4.98 Å². The quantitative estimate of drug-likeness (QED) is 0.498. The zero-order valence-electron chi connectivity index (χ0n) is 8.97. The van der Waals surface area contributed by atoms with Crippen molar-refractivity contribution in [2.24, 2.45) is 0 Å². The molecule has 5 heteroatoms. The lowest BCUT2D eigenvalue weighted by molar-refractivity contribution is -0.383. The number of non-ortho nitro benzene ring substituents is 1. The molecule has 17 heavy (non-hydrogen) atoms. The van der Waals surface area contributed by atoms with Gasteiger partial charge in [0.2, 0.25) is 0 Å². The molecule has 5 nitrogen and oxygen atoms in total. The van der Waals surface area contributed by atoms with Gasteiger partial charge in [-0.05, 0) is 12.5 Å². The van der Waals surface area contributed by atoms with Crippen LogP contribution in [0.5, 0.6) is 0 Å². The Kier molecular flexibility index (Phi) is 2.74. The number of benzene rings is 1. The van der Waals surface area contributed by atoms with Gasteiger partial charge in [0.15, 0.2) is 5.43 Å². The predicted molar refractivity (Wildman–Crippen MR) is 65.1 cm³/mol.